The Hall–Kier alpha value is -3.84. The second kappa shape index (κ2) is 12.3. The summed E-state index contributed by atoms with van der Waals surface area (Å²) in [7, 11) is 0. The van der Waals surface area contributed by atoms with Gasteiger partial charge in [0, 0.05) is 21.8 Å². The average molecular weight is 466 g/mol. The Kier molecular flexibility index (Phi) is 8.85. The number of anilines is 1. The smallest absolute Gasteiger partial charge is 0.249 e. The van der Waals surface area contributed by atoms with Crippen molar-refractivity contribution >= 4 is 35.3 Å². The second-order valence-electron chi connectivity index (χ2n) is 6.89. The Morgan fingerprint density at radius 2 is 1.67 bits per heavy atom. The van der Waals surface area contributed by atoms with E-state index in [4.69, 9.17) is 21.1 Å². The first-order valence-electron chi connectivity index (χ1n) is 10.3. The fourth-order valence-corrected chi connectivity index (χ4v) is 3.05. The van der Waals surface area contributed by atoms with E-state index >= 15 is 0 Å². The van der Waals surface area contributed by atoms with Crippen molar-refractivity contribution in [3.63, 3.8) is 0 Å². The number of nitrogens with one attached hydrogen (secondary N) is 2. The van der Waals surface area contributed by atoms with Crippen LogP contribution in [0.1, 0.15) is 24.5 Å². The number of benzene rings is 3. The number of hydrogen-bond donors (Lipinski definition) is 2. The Morgan fingerprint density at radius 3 is 2.42 bits per heavy atom. The molecule has 0 aliphatic rings. The van der Waals surface area contributed by atoms with Gasteiger partial charge in [-0.15, -0.1) is 0 Å². The lowest BCUT2D eigenvalue weighted by Gasteiger charge is -2.10. The van der Waals surface area contributed by atoms with Crippen molar-refractivity contribution in [3.8, 4) is 11.5 Å². The fourth-order valence-electron chi connectivity index (χ4n) is 2.86. The molecule has 3 aromatic rings. The van der Waals surface area contributed by atoms with Crippen LogP contribution in [0.3, 0.4) is 0 Å². The molecule has 0 radical (unpaired) electrons. The van der Waals surface area contributed by atoms with Gasteiger partial charge in [0.1, 0.15) is 24.5 Å². The molecule has 2 amide bonds. The highest BCUT2D eigenvalue weighted by molar-refractivity contribution is 6.31. The molecule has 0 saturated carbocycles. The van der Waals surface area contributed by atoms with Gasteiger partial charge in [0.15, 0.2) is 0 Å². The molecule has 0 saturated heterocycles. The first kappa shape index (κ1) is 23.8. The summed E-state index contributed by atoms with van der Waals surface area (Å²) in [5.74, 6) is 0.307. The lowest BCUT2D eigenvalue weighted by atomic mass is 10.2. The molecular weight excluding hydrogens is 442 g/mol. The predicted molar refractivity (Wildman–Crippen MR) is 129 cm³/mol. The molecule has 170 valence electrons. The minimum Gasteiger partial charge on any atom is -0.494 e. The number of para-hydroxylation sites is 1. The van der Waals surface area contributed by atoms with Crippen LogP contribution in [0.5, 0.6) is 11.5 Å². The normalized spacial score (nSPS) is 10.6. The van der Waals surface area contributed by atoms with E-state index in [1.54, 1.807) is 42.5 Å². The van der Waals surface area contributed by atoms with Crippen molar-refractivity contribution in [3.05, 3.63) is 88.9 Å². The number of carbonyl (C=O) groups is 2. The second-order valence-corrected chi connectivity index (χ2v) is 7.30. The number of hydrazone groups is 1. The topological polar surface area (TPSA) is 89.0 Å². The predicted octanol–water partition coefficient (Wildman–Crippen LogP) is 4.80. The maximum atomic E-state index is 12.1. The van der Waals surface area contributed by atoms with Crippen LogP contribution < -0.4 is 20.2 Å². The van der Waals surface area contributed by atoms with E-state index in [1.807, 2.05) is 37.3 Å². The van der Waals surface area contributed by atoms with Gasteiger partial charge in [-0.3, -0.25) is 9.59 Å². The van der Waals surface area contributed by atoms with Gasteiger partial charge in [0.2, 0.25) is 11.8 Å². The molecule has 7 nitrogen and oxygen atoms in total. The molecule has 2 N–H and O–H groups in total. The standard InChI is InChI=1S/C25H24ClN3O4/c1-2-32-21-13-11-20(12-14-21)28-24(30)15-25(31)29-27-16-18-7-4-6-10-23(18)33-17-19-8-3-5-9-22(19)26/h3-14,16H,2,15,17H2,1H3,(H,28,30)(H,29,31). The maximum Gasteiger partial charge on any atom is 0.249 e. The zero-order chi connectivity index (χ0) is 23.5. The van der Waals surface area contributed by atoms with Gasteiger partial charge in [-0.05, 0) is 49.4 Å². The first-order chi connectivity index (χ1) is 16.0. The number of nitrogens with zero attached hydrogens (tertiary/aromatic N) is 1. The number of hydrogen-bond acceptors (Lipinski definition) is 5. The molecule has 0 spiro atoms. The number of ether oxygens (including phenoxy) is 2. The van der Waals surface area contributed by atoms with Crippen molar-refractivity contribution in [2.75, 3.05) is 11.9 Å². The van der Waals surface area contributed by atoms with Crippen LogP contribution in [0.25, 0.3) is 0 Å². The van der Waals surface area contributed by atoms with Crippen LogP contribution in [0.4, 0.5) is 5.69 Å². The van der Waals surface area contributed by atoms with E-state index in [9.17, 15) is 9.59 Å². The van der Waals surface area contributed by atoms with E-state index in [0.717, 1.165) is 5.56 Å². The zero-order valence-electron chi connectivity index (χ0n) is 18.1. The summed E-state index contributed by atoms with van der Waals surface area (Å²) in [5, 5.41) is 7.22. The summed E-state index contributed by atoms with van der Waals surface area (Å²) in [6.07, 6.45) is 1.10. The van der Waals surface area contributed by atoms with Crippen molar-refractivity contribution in [2.24, 2.45) is 5.10 Å². The molecule has 0 fully saturated rings. The Balaban J connectivity index is 1.49. The summed E-state index contributed by atoms with van der Waals surface area (Å²) in [4.78, 5) is 24.1. The van der Waals surface area contributed by atoms with E-state index in [-0.39, 0.29) is 6.42 Å². The van der Waals surface area contributed by atoms with Gasteiger partial charge in [-0.2, -0.15) is 5.10 Å². The molecule has 0 atom stereocenters. The van der Waals surface area contributed by atoms with Crippen LogP contribution in [0, 0.1) is 0 Å². The van der Waals surface area contributed by atoms with E-state index in [0.29, 0.717) is 41.0 Å². The number of halogens is 1. The van der Waals surface area contributed by atoms with Gasteiger partial charge in [-0.25, -0.2) is 5.43 Å². The summed E-state index contributed by atoms with van der Waals surface area (Å²) in [5.41, 5.74) is 4.46. The molecule has 8 heteroatoms. The lowest BCUT2D eigenvalue weighted by molar-refractivity contribution is -0.126. The van der Waals surface area contributed by atoms with Crippen molar-refractivity contribution in [2.45, 2.75) is 20.0 Å². The highest BCUT2D eigenvalue weighted by Gasteiger charge is 2.09. The zero-order valence-corrected chi connectivity index (χ0v) is 18.8. The van der Waals surface area contributed by atoms with Crippen molar-refractivity contribution in [1.29, 1.82) is 0 Å². The van der Waals surface area contributed by atoms with Crippen LogP contribution in [0.15, 0.2) is 77.9 Å². The van der Waals surface area contributed by atoms with Crippen LogP contribution in [0.2, 0.25) is 5.02 Å². The van der Waals surface area contributed by atoms with Gasteiger partial charge < -0.3 is 14.8 Å². The largest absolute Gasteiger partial charge is 0.494 e. The fraction of sp³-hybridized carbons (Fsp3) is 0.160. The molecular formula is C25H24ClN3O4. The third kappa shape index (κ3) is 7.66. The summed E-state index contributed by atoms with van der Waals surface area (Å²) < 4.78 is 11.2. The number of amides is 2. The molecule has 33 heavy (non-hydrogen) atoms. The summed E-state index contributed by atoms with van der Waals surface area (Å²) in [6, 6.07) is 21.6. The Bertz CT molecular complexity index is 1120. The van der Waals surface area contributed by atoms with Crippen LogP contribution in [-0.2, 0) is 16.2 Å². The number of carbonyl (C=O) groups excluding carboxylic acids is 2. The van der Waals surface area contributed by atoms with Gasteiger partial charge >= 0.3 is 0 Å². The third-order valence-electron chi connectivity index (χ3n) is 4.42. The van der Waals surface area contributed by atoms with E-state index in [1.165, 1.54) is 6.21 Å². The molecule has 0 heterocycles. The molecule has 0 aliphatic carbocycles. The first-order valence-corrected chi connectivity index (χ1v) is 10.7. The van der Waals surface area contributed by atoms with Gasteiger partial charge in [0.25, 0.3) is 0 Å². The van der Waals surface area contributed by atoms with E-state index < -0.39 is 11.8 Å². The average Bonchev–Trinajstić information content (AvgIpc) is 2.81. The van der Waals surface area contributed by atoms with Gasteiger partial charge in [0.05, 0.1) is 12.8 Å². The highest BCUT2D eigenvalue weighted by atomic mass is 35.5. The maximum absolute atomic E-state index is 12.1. The van der Waals surface area contributed by atoms with Crippen molar-refractivity contribution in [1.82, 2.24) is 5.43 Å². The monoisotopic (exact) mass is 465 g/mol. The SMILES string of the molecule is CCOc1ccc(NC(=O)CC(=O)NN=Cc2ccccc2OCc2ccccc2Cl)cc1. The van der Waals surface area contributed by atoms with E-state index in [2.05, 4.69) is 15.8 Å². The minimum absolute atomic E-state index is 0.294. The number of rotatable bonds is 10. The molecule has 3 rings (SSSR count). The molecule has 0 bridgehead atoms. The van der Waals surface area contributed by atoms with Crippen LogP contribution >= 0.6 is 11.6 Å². The summed E-state index contributed by atoms with van der Waals surface area (Å²) in [6.45, 7) is 2.75. The minimum atomic E-state index is -0.538. The highest BCUT2D eigenvalue weighted by Crippen LogP contribution is 2.21. The lowest BCUT2D eigenvalue weighted by Crippen LogP contribution is -2.24. The van der Waals surface area contributed by atoms with Crippen LogP contribution in [-0.4, -0.2) is 24.6 Å². The molecule has 3 aromatic carbocycles. The molecule has 0 unspecified atom stereocenters. The quantitative estimate of drug-likeness (QED) is 0.256. The van der Waals surface area contributed by atoms with Crippen molar-refractivity contribution < 1.29 is 19.1 Å². The third-order valence-corrected chi connectivity index (χ3v) is 4.79. The Morgan fingerprint density at radius 1 is 0.939 bits per heavy atom. The molecule has 0 aliphatic heterocycles. The molecule has 0 aromatic heterocycles. The van der Waals surface area contributed by atoms with Gasteiger partial charge in [-0.1, -0.05) is 41.9 Å². The summed E-state index contributed by atoms with van der Waals surface area (Å²) >= 11 is 6.17. The Labute approximate surface area is 197 Å².